The molecule has 2 heterocycles. The number of hydrogen-bond donors (Lipinski definition) is 1. The predicted molar refractivity (Wildman–Crippen MR) is 116 cm³/mol. The minimum atomic E-state index is -0.0488. The van der Waals surface area contributed by atoms with E-state index in [4.69, 9.17) is 16.3 Å². The van der Waals surface area contributed by atoms with E-state index in [1.807, 2.05) is 65.2 Å². The van der Waals surface area contributed by atoms with Gasteiger partial charge in [-0.05, 0) is 36.4 Å². The number of nitrogens with zero attached hydrogens (tertiary/aromatic N) is 2. The summed E-state index contributed by atoms with van der Waals surface area (Å²) < 4.78 is 5.49. The summed E-state index contributed by atoms with van der Waals surface area (Å²) >= 11 is 7.86. The van der Waals surface area contributed by atoms with Gasteiger partial charge in [0.1, 0.15) is 17.0 Å². The van der Waals surface area contributed by atoms with Gasteiger partial charge in [0.2, 0.25) is 0 Å². The van der Waals surface area contributed by atoms with Crippen molar-refractivity contribution in [3.63, 3.8) is 0 Å². The van der Waals surface area contributed by atoms with Gasteiger partial charge in [-0.15, -0.1) is 0 Å². The van der Waals surface area contributed by atoms with Crippen molar-refractivity contribution in [2.45, 2.75) is 0 Å². The van der Waals surface area contributed by atoms with E-state index in [-0.39, 0.29) is 5.91 Å². The molecule has 7 heteroatoms. The number of carbonyl (C=O) groups excluding carboxylic acids is 1. The van der Waals surface area contributed by atoms with Gasteiger partial charge in [0.15, 0.2) is 0 Å². The normalized spacial score (nSPS) is 14.1. The third kappa shape index (κ3) is 3.88. The van der Waals surface area contributed by atoms with Crippen molar-refractivity contribution in [2.75, 3.05) is 37.0 Å². The van der Waals surface area contributed by atoms with Crippen LogP contribution in [0.25, 0.3) is 10.9 Å². The van der Waals surface area contributed by atoms with Crippen LogP contribution in [0.3, 0.4) is 0 Å². The first-order valence-electron chi connectivity index (χ1n) is 9.03. The van der Waals surface area contributed by atoms with Gasteiger partial charge in [-0.2, -0.15) is 11.8 Å². The summed E-state index contributed by atoms with van der Waals surface area (Å²) in [5.41, 5.74) is 2.77. The fourth-order valence-electron chi connectivity index (χ4n) is 3.22. The highest BCUT2D eigenvalue weighted by molar-refractivity contribution is 7.99. The average Bonchev–Trinajstić information content (AvgIpc) is 2.75. The molecular weight excluding hydrogens is 394 g/mol. The lowest BCUT2D eigenvalue weighted by atomic mass is 10.1. The lowest BCUT2D eigenvalue weighted by Crippen LogP contribution is -2.38. The smallest absolute Gasteiger partial charge is 0.272 e. The zero-order valence-corrected chi connectivity index (χ0v) is 17.0. The number of ether oxygens (including phenoxy) is 1. The van der Waals surface area contributed by atoms with Crippen LogP contribution in [0.5, 0.6) is 5.75 Å². The summed E-state index contributed by atoms with van der Waals surface area (Å²) in [6.07, 6.45) is 0. The summed E-state index contributed by atoms with van der Waals surface area (Å²) in [5.74, 6) is 2.50. The number of carbonyl (C=O) groups is 1. The summed E-state index contributed by atoms with van der Waals surface area (Å²) in [6, 6.07) is 15.0. The van der Waals surface area contributed by atoms with Crippen molar-refractivity contribution in [1.29, 1.82) is 0 Å². The van der Waals surface area contributed by atoms with Crippen LogP contribution in [0.2, 0.25) is 5.02 Å². The number of thioether (sulfide) groups is 1. The van der Waals surface area contributed by atoms with E-state index in [9.17, 15) is 4.79 Å². The molecule has 0 bridgehead atoms. The van der Waals surface area contributed by atoms with Crippen LogP contribution in [0.15, 0.2) is 48.5 Å². The fraction of sp³-hybridized carbons (Fsp3) is 0.238. The molecule has 0 saturated carbocycles. The first kappa shape index (κ1) is 18.9. The number of anilines is 2. The third-order valence-electron chi connectivity index (χ3n) is 4.66. The number of para-hydroxylation sites is 1. The van der Waals surface area contributed by atoms with Gasteiger partial charge in [0.05, 0.1) is 12.8 Å². The molecule has 1 saturated heterocycles. The Morgan fingerprint density at radius 1 is 1.18 bits per heavy atom. The maximum absolute atomic E-state index is 13.1. The number of hydrogen-bond acceptors (Lipinski definition) is 5. The molecule has 0 atom stereocenters. The van der Waals surface area contributed by atoms with Crippen molar-refractivity contribution in [3.8, 4) is 5.75 Å². The Labute approximate surface area is 173 Å². The predicted octanol–water partition coefficient (Wildman–Crippen LogP) is 4.83. The monoisotopic (exact) mass is 413 g/mol. The van der Waals surface area contributed by atoms with Crippen LogP contribution in [-0.2, 0) is 0 Å². The van der Waals surface area contributed by atoms with Crippen molar-refractivity contribution in [2.24, 2.45) is 0 Å². The quantitative estimate of drug-likeness (QED) is 0.663. The first-order valence-corrected chi connectivity index (χ1v) is 10.6. The summed E-state index contributed by atoms with van der Waals surface area (Å²) in [7, 11) is 1.61. The molecule has 3 aromatic rings. The van der Waals surface area contributed by atoms with E-state index in [1.165, 1.54) is 0 Å². The number of benzene rings is 2. The molecule has 1 aromatic heterocycles. The molecule has 0 spiro atoms. The Morgan fingerprint density at radius 3 is 2.64 bits per heavy atom. The van der Waals surface area contributed by atoms with Gasteiger partial charge in [0, 0.05) is 40.7 Å². The second-order valence-corrected chi connectivity index (χ2v) is 8.11. The topological polar surface area (TPSA) is 54.5 Å². The molecule has 2 aromatic carbocycles. The molecule has 0 aliphatic carbocycles. The van der Waals surface area contributed by atoms with Gasteiger partial charge in [-0.25, -0.2) is 4.98 Å². The minimum absolute atomic E-state index is 0.0488. The number of aromatic nitrogens is 1. The van der Waals surface area contributed by atoms with Crippen LogP contribution >= 0.6 is 23.4 Å². The molecule has 1 aliphatic heterocycles. The van der Waals surface area contributed by atoms with Crippen molar-refractivity contribution >= 4 is 51.5 Å². The second kappa shape index (κ2) is 8.29. The highest BCUT2D eigenvalue weighted by Crippen LogP contribution is 2.32. The zero-order chi connectivity index (χ0) is 19.5. The molecule has 1 amide bonds. The third-order valence-corrected chi connectivity index (χ3v) is 5.86. The standard InChI is InChI=1S/C21H20ClN3O2S/c1-27-19-4-2-3-16-17(23-15-7-5-14(22)6-8-15)13-18(24-20(16)19)21(26)25-9-11-28-12-10-25/h2-8,13H,9-12H2,1H3,(H,23,24). The Morgan fingerprint density at radius 2 is 1.93 bits per heavy atom. The van der Waals surface area contributed by atoms with E-state index in [0.717, 1.165) is 41.4 Å². The number of amides is 1. The SMILES string of the molecule is COc1cccc2c(Nc3ccc(Cl)cc3)cc(C(=O)N3CCSCC3)nc12. The molecule has 1 fully saturated rings. The highest BCUT2D eigenvalue weighted by Gasteiger charge is 2.22. The Balaban J connectivity index is 1.79. The largest absolute Gasteiger partial charge is 0.494 e. The number of halogens is 1. The highest BCUT2D eigenvalue weighted by atomic mass is 35.5. The van der Waals surface area contributed by atoms with Crippen LogP contribution in [0, 0.1) is 0 Å². The van der Waals surface area contributed by atoms with E-state index < -0.39 is 0 Å². The zero-order valence-electron chi connectivity index (χ0n) is 15.4. The van der Waals surface area contributed by atoms with Crippen LogP contribution in [-0.4, -0.2) is 47.5 Å². The Hall–Kier alpha value is -2.44. The van der Waals surface area contributed by atoms with Crippen LogP contribution in [0.4, 0.5) is 11.4 Å². The molecule has 1 N–H and O–H groups in total. The summed E-state index contributed by atoms with van der Waals surface area (Å²) in [4.78, 5) is 19.6. The van der Waals surface area contributed by atoms with Crippen LogP contribution < -0.4 is 10.1 Å². The van der Waals surface area contributed by atoms with Gasteiger partial charge in [0.25, 0.3) is 5.91 Å². The number of methoxy groups -OCH3 is 1. The lowest BCUT2D eigenvalue weighted by Gasteiger charge is -2.26. The lowest BCUT2D eigenvalue weighted by molar-refractivity contribution is 0.0767. The number of rotatable bonds is 4. The molecule has 4 rings (SSSR count). The van der Waals surface area contributed by atoms with Gasteiger partial charge in [-0.1, -0.05) is 23.7 Å². The number of nitrogens with one attached hydrogen (secondary N) is 1. The summed E-state index contributed by atoms with van der Waals surface area (Å²) in [6.45, 7) is 1.49. The Bertz CT molecular complexity index is 1000. The van der Waals surface area contributed by atoms with Gasteiger partial charge < -0.3 is 15.0 Å². The Kier molecular flexibility index (Phi) is 5.59. The van der Waals surface area contributed by atoms with E-state index >= 15 is 0 Å². The van der Waals surface area contributed by atoms with Crippen LogP contribution in [0.1, 0.15) is 10.5 Å². The maximum Gasteiger partial charge on any atom is 0.272 e. The molecule has 1 aliphatic rings. The second-order valence-electron chi connectivity index (χ2n) is 6.45. The van der Waals surface area contributed by atoms with Gasteiger partial charge in [-0.3, -0.25) is 4.79 Å². The van der Waals surface area contributed by atoms with Gasteiger partial charge >= 0.3 is 0 Å². The molecule has 144 valence electrons. The molecule has 5 nitrogen and oxygen atoms in total. The maximum atomic E-state index is 13.1. The van der Waals surface area contributed by atoms with E-state index in [1.54, 1.807) is 7.11 Å². The van der Waals surface area contributed by atoms with Crippen molar-refractivity contribution in [3.05, 3.63) is 59.2 Å². The molecule has 0 radical (unpaired) electrons. The molecular formula is C21H20ClN3O2S. The first-order chi connectivity index (χ1) is 13.7. The fourth-order valence-corrected chi connectivity index (χ4v) is 4.25. The van der Waals surface area contributed by atoms with Crippen molar-refractivity contribution < 1.29 is 9.53 Å². The van der Waals surface area contributed by atoms with E-state index in [2.05, 4.69) is 10.3 Å². The minimum Gasteiger partial charge on any atom is -0.494 e. The molecule has 0 unspecified atom stereocenters. The van der Waals surface area contributed by atoms with E-state index in [0.29, 0.717) is 22.0 Å². The number of pyridine rings is 1. The summed E-state index contributed by atoms with van der Waals surface area (Å²) in [5, 5.41) is 4.96. The van der Waals surface area contributed by atoms with Crippen molar-refractivity contribution in [1.82, 2.24) is 9.88 Å². The number of fused-ring (bicyclic) bond motifs is 1. The molecule has 28 heavy (non-hydrogen) atoms. The average molecular weight is 414 g/mol.